The van der Waals surface area contributed by atoms with E-state index in [1.165, 1.54) is 0 Å². The molecule has 0 heterocycles. The molecule has 0 fully saturated rings. The Morgan fingerprint density at radius 3 is 1.82 bits per heavy atom. The van der Waals surface area contributed by atoms with E-state index in [1.54, 1.807) is 4.90 Å². The van der Waals surface area contributed by atoms with Crippen molar-refractivity contribution in [2.45, 2.75) is 32.6 Å². The first kappa shape index (κ1) is 21.0. The first-order valence-corrected chi connectivity index (χ1v) is 8.55. The zero-order valence-electron chi connectivity index (χ0n) is 13.0. The number of nitrogens with zero attached hydrogens (tertiary/aromatic N) is 1. The SMILES string of the molecule is CCCCCC(=O)N(CCNC(=O)CCl)CCNC(=O)CCl. The molecular weight excluding hydrogens is 329 g/mol. The zero-order valence-corrected chi connectivity index (χ0v) is 14.5. The summed E-state index contributed by atoms with van der Waals surface area (Å²) in [5.74, 6) is -0.716. The second-order valence-electron chi connectivity index (χ2n) is 4.81. The van der Waals surface area contributed by atoms with Crippen LogP contribution >= 0.6 is 23.2 Å². The maximum absolute atomic E-state index is 12.2. The Labute approximate surface area is 141 Å². The van der Waals surface area contributed by atoms with E-state index in [4.69, 9.17) is 23.2 Å². The molecule has 6 nitrogen and oxygen atoms in total. The van der Waals surface area contributed by atoms with Crippen molar-refractivity contribution in [3.05, 3.63) is 0 Å². The van der Waals surface area contributed by atoms with Gasteiger partial charge in [-0.2, -0.15) is 0 Å². The molecule has 0 aliphatic rings. The highest BCUT2D eigenvalue weighted by atomic mass is 35.5. The van der Waals surface area contributed by atoms with Gasteiger partial charge in [0.25, 0.3) is 0 Å². The van der Waals surface area contributed by atoms with Crippen LogP contribution < -0.4 is 10.6 Å². The number of hydrogen-bond acceptors (Lipinski definition) is 3. The molecule has 0 atom stereocenters. The van der Waals surface area contributed by atoms with Gasteiger partial charge in [0.05, 0.1) is 0 Å². The summed E-state index contributed by atoms with van der Waals surface area (Å²) in [7, 11) is 0. The van der Waals surface area contributed by atoms with Crippen molar-refractivity contribution in [2.75, 3.05) is 37.9 Å². The van der Waals surface area contributed by atoms with Crippen LogP contribution in [0, 0.1) is 0 Å². The molecule has 2 N–H and O–H groups in total. The van der Waals surface area contributed by atoms with Gasteiger partial charge >= 0.3 is 0 Å². The molecule has 0 aromatic heterocycles. The molecule has 0 radical (unpaired) electrons. The van der Waals surface area contributed by atoms with E-state index in [1.807, 2.05) is 0 Å². The van der Waals surface area contributed by atoms with Crippen molar-refractivity contribution in [1.29, 1.82) is 0 Å². The lowest BCUT2D eigenvalue weighted by Crippen LogP contribution is -2.43. The number of unbranched alkanes of at least 4 members (excludes halogenated alkanes) is 2. The van der Waals surface area contributed by atoms with Gasteiger partial charge in [-0.25, -0.2) is 0 Å². The summed E-state index contributed by atoms with van der Waals surface area (Å²) in [6.45, 7) is 3.54. The Morgan fingerprint density at radius 2 is 1.41 bits per heavy atom. The van der Waals surface area contributed by atoms with Crippen molar-refractivity contribution in [3.8, 4) is 0 Å². The number of amides is 3. The molecule has 0 saturated heterocycles. The Morgan fingerprint density at radius 1 is 0.909 bits per heavy atom. The van der Waals surface area contributed by atoms with E-state index in [0.717, 1.165) is 19.3 Å². The molecule has 0 aromatic carbocycles. The quantitative estimate of drug-likeness (QED) is 0.407. The van der Waals surface area contributed by atoms with Crippen LogP contribution in [0.1, 0.15) is 32.6 Å². The fraction of sp³-hybridized carbons (Fsp3) is 0.786. The van der Waals surface area contributed by atoms with Crippen molar-refractivity contribution < 1.29 is 14.4 Å². The monoisotopic (exact) mass is 353 g/mol. The van der Waals surface area contributed by atoms with Gasteiger partial charge in [-0.1, -0.05) is 19.8 Å². The van der Waals surface area contributed by atoms with Crippen molar-refractivity contribution in [1.82, 2.24) is 15.5 Å². The Bertz CT molecular complexity index is 332. The van der Waals surface area contributed by atoms with Gasteiger partial charge in [0, 0.05) is 32.6 Å². The van der Waals surface area contributed by atoms with E-state index < -0.39 is 0 Å². The van der Waals surface area contributed by atoms with E-state index >= 15 is 0 Å². The van der Waals surface area contributed by atoms with Crippen molar-refractivity contribution in [2.24, 2.45) is 0 Å². The number of alkyl halides is 2. The summed E-state index contributed by atoms with van der Waals surface area (Å²) in [6, 6.07) is 0. The minimum absolute atomic E-state index is 0.0219. The molecule has 0 aromatic rings. The summed E-state index contributed by atoms with van der Waals surface area (Å²) in [5, 5.41) is 5.24. The molecule has 0 spiro atoms. The van der Waals surface area contributed by atoms with Crippen molar-refractivity contribution >= 4 is 40.9 Å². The van der Waals surface area contributed by atoms with E-state index in [-0.39, 0.29) is 29.5 Å². The van der Waals surface area contributed by atoms with Crippen LogP contribution in [0.15, 0.2) is 0 Å². The second kappa shape index (κ2) is 13.6. The topological polar surface area (TPSA) is 78.5 Å². The predicted molar refractivity (Wildman–Crippen MR) is 88.2 cm³/mol. The molecule has 0 rings (SSSR count). The molecule has 0 bridgehead atoms. The average molecular weight is 354 g/mol. The molecule has 0 unspecified atom stereocenters. The van der Waals surface area contributed by atoms with Gasteiger partial charge in [0.2, 0.25) is 17.7 Å². The highest BCUT2D eigenvalue weighted by Crippen LogP contribution is 2.03. The maximum atomic E-state index is 12.2. The molecule has 8 heteroatoms. The van der Waals surface area contributed by atoms with Crippen molar-refractivity contribution in [3.63, 3.8) is 0 Å². The average Bonchev–Trinajstić information content (AvgIpc) is 2.52. The number of carbonyl (C=O) groups is 3. The largest absolute Gasteiger partial charge is 0.353 e. The number of carbonyl (C=O) groups excluding carboxylic acids is 3. The Hall–Kier alpha value is -1.01. The fourth-order valence-electron chi connectivity index (χ4n) is 1.80. The first-order chi connectivity index (χ1) is 10.5. The number of nitrogens with one attached hydrogen (secondary N) is 2. The predicted octanol–water partition coefficient (Wildman–Crippen LogP) is 1.11. The Kier molecular flexibility index (Phi) is 13.0. The third-order valence-electron chi connectivity index (χ3n) is 3.00. The summed E-state index contributed by atoms with van der Waals surface area (Å²) < 4.78 is 0. The lowest BCUT2D eigenvalue weighted by atomic mass is 10.2. The van der Waals surface area contributed by atoms with E-state index in [9.17, 15) is 14.4 Å². The number of rotatable bonds is 12. The standard InChI is InChI=1S/C14H25Cl2N3O3/c1-2-3-4-5-14(22)19(8-6-17-12(20)10-15)9-7-18-13(21)11-16/h2-11H2,1H3,(H,17,20)(H,18,21). The highest BCUT2D eigenvalue weighted by molar-refractivity contribution is 6.27. The molecule has 128 valence electrons. The van der Waals surface area contributed by atoms with Gasteiger partial charge in [0.1, 0.15) is 11.8 Å². The number of hydrogen-bond donors (Lipinski definition) is 2. The van der Waals surface area contributed by atoms with Gasteiger partial charge in [-0.05, 0) is 6.42 Å². The third-order valence-corrected chi connectivity index (χ3v) is 3.48. The van der Waals surface area contributed by atoms with E-state index in [2.05, 4.69) is 17.6 Å². The minimum Gasteiger partial charge on any atom is -0.353 e. The normalized spacial score (nSPS) is 10.1. The summed E-state index contributed by atoms with van der Waals surface area (Å²) in [4.78, 5) is 36.0. The molecular formula is C14H25Cl2N3O3. The maximum Gasteiger partial charge on any atom is 0.234 e. The van der Waals surface area contributed by atoms with Crippen LogP contribution in [0.4, 0.5) is 0 Å². The van der Waals surface area contributed by atoms with E-state index in [0.29, 0.717) is 32.6 Å². The van der Waals surface area contributed by atoms with Crippen LogP contribution in [0.5, 0.6) is 0 Å². The van der Waals surface area contributed by atoms with Gasteiger partial charge in [0.15, 0.2) is 0 Å². The third kappa shape index (κ3) is 10.7. The smallest absolute Gasteiger partial charge is 0.234 e. The van der Waals surface area contributed by atoms with Crippen LogP contribution in [0.2, 0.25) is 0 Å². The highest BCUT2D eigenvalue weighted by Gasteiger charge is 2.13. The van der Waals surface area contributed by atoms with Crippen LogP contribution in [-0.2, 0) is 14.4 Å². The zero-order chi connectivity index (χ0) is 16.8. The second-order valence-corrected chi connectivity index (χ2v) is 5.34. The lowest BCUT2D eigenvalue weighted by molar-refractivity contribution is -0.132. The molecule has 0 aliphatic carbocycles. The fourth-order valence-corrected chi connectivity index (χ4v) is 1.99. The molecule has 0 aliphatic heterocycles. The van der Waals surface area contributed by atoms with Crippen LogP contribution in [0.25, 0.3) is 0 Å². The van der Waals surface area contributed by atoms with Gasteiger partial charge < -0.3 is 15.5 Å². The van der Waals surface area contributed by atoms with Gasteiger partial charge in [-0.3, -0.25) is 14.4 Å². The van der Waals surface area contributed by atoms with Gasteiger partial charge in [-0.15, -0.1) is 23.2 Å². The molecule has 0 saturated carbocycles. The van der Waals surface area contributed by atoms with Crippen LogP contribution in [0.3, 0.4) is 0 Å². The Balaban J connectivity index is 4.25. The minimum atomic E-state index is -0.268. The molecule has 3 amide bonds. The summed E-state index contributed by atoms with van der Waals surface area (Å²) >= 11 is 10.8. The summed E-state index contributed by atoms with van der Waals surface area (Å²) in [5.41, 5.74) is 0. The van der Waals surface area contributed by atoms with Crippen LogP contribution in [-0.4, -0.2) is 60.6 Å². The summed E-state index contributed by atoms with van der Waals surface area (Å²) in [6.07, 6.45) is 3.37. The molecule has 22 heavy (non-hydrogen) atoms. The number of halogens is 2. The lowest BCUT2D eigenvalue weighted by Gasteiger charge is -2.23. The first-order valence-electron chi connectivity index (χ1n) is 7.48.